The van der Waals surface area contributed by atoms with Crippen LogP contribution in [0.1, 0.15) is 10.5 Å². The topological polar surface area (TPSA) is 62.2 Å². The molecule has 0 atom stereocenters. The molecule has 0 aliphatic carbocycles. The lowest BCUT2D eigenvalue weighted by Crippen LogP contribution is -2.01. The first-order valence-corrected chi connectivity index (χ1v) is 5.84. The highest BCUT2D eigenvalue weighted by atomic mass is 35.5. The van der Waals surface area contributed by atoms with Crippen molar-refractivity contribution in [2.45, 2.75) is 0 Å². The highest BCUT2D eigenvalue weighted by molar-refractivity contribution is 6.35. The average Bonchev–Trinajstić information content (AvgIpc) is 2.36. The number of carbonyl (C=O) groups is 1. The van der Waals surface area contributed by atoms with Crippen molar-refractivity contribution in [3.05, 3.63) is 52.0 Å². The molecule has 0 radical (unpaired) electrons. The maximum absolute atomic E-state index is 13.2. The summed E-state index contributed by atoms with van der Waals surface area (Å²) in [6, 6.07) is 5.61. The van der Waals surface area contributed by atoms with Gasteiger partial charge in [-0.15, -0.1) is 0 Å². The maximum atomic E-state index is 13.2. The molecule has 1 heterocycles. The lowest BCUT2D eigenvalue weighted by Gasteiger charge is -2.08. The van der Waals surface area contributed by atoms with Crippen molar-refractivity contribution in [3.8, 4) is 0 Å². The molecule has 0 bridgehead atoms. The number of halogens is 3. The molecule has 0 unspecified atom stereocenters. The van der Waals surface area contributed by atoms with Crippen LogP contribution in [-0.2, 0) is 0 Å². The second-order valence-electron chi connectivity index (χ2n) is 3.61. The molecule has 0 aliphatic rings. The molecule has 1 aromatic heterocycles. The van der Waals surface area contributed by atoms with E-state index >= 15 is 0 Å². The zero-order valence-electron chi connectivity index (χ0n) is 9.32. The third-order valence-corrected chi connectivity index (χ3v) is 2.80. The molecule has 98 valence electrons. The molecule has 2 N–H and O–H groups in total. The minimum atomic E-state index is -1.14. The van der Waals surface area contributed by atoms with E-state index in [4.69, 9.17) is 28.3 Å². The van der Waals surface area contributed by atoms with Crippen molar-refractivity contribution < 1.29 is 14.3 Å². The maximum Gasteiger partial charge on any atom is 0.354 e. The number of nitrogens with one attached hydrogen (secondary N) is 1. The zero-order valence-corrected chi connectivity index (χ0v) is 10.8. The predicted molar refractivity (Wildman–Crippen MR) is 70.9 cm³/mol. The number of anilines is 2. The highest BCUT2D eigenvalue weighted by Gasteiger charge is 2.09. The standard InChI is InChI=1S/C12H7Cl2FN2O2/c13-8-3-7(4-9(14)11(8)15)17-6-1-2-16-10(5-6)12(18)19/h1-5H,(H,16,17)(H,18,19). The fourth-order valence-electron chi connectivity index (χ4n) is 1.42. The van der Waals surface area contributed by atoms with Crippen LogP contribution >= 0.6 is 23.2 Å². The van der Waals surface area contributed by atoms with Gasteiger partial charge in [0.05, 0.1) is 10.0 Å². The molecule has 0 saturated carbocycles. The van der Waals surface area contributed by atoms with Gasteiger partial charge in [0.2, 0.25) is 0 Å². The third kappa shape index (κ3) is 3.13. The fourth-order valence-corrected chi connectivity index (χ4v) is 1.91. The lowest BCUT2D eigenvalue weighted by molar-refractivity contribution is 0.0690. The zero-order chi connectivity index (χ0) is 14.0. The number of carboxylic acid groups (broad SMARTS) is 1. The first-order valence-electron chi connectivity index (χ1n) is 5.08. The van der Waals surface area contributed by atoms with Crippen LogP contribution in [0.25, 0.3) is 0 Å². The molecule has 7 heteroatoms. The fraction of sp³-hybridized carbons (Fsp3) is 0. The normalized spacial score (nSPS) is 10.3. The molecule has 0 saturated heterocycles. The minimum absolute atomic E-state index is 0.107. The third-order valence-electron chi connectivity index (χ3n) is 2.25. The number of aromatic nitrogens is 1. The molecular weight excluding hydrogens is 294 g/mol. The molecular formula is C12H7Cl2FN2O2. The van der Waals surface area contributed by atoms with Gasteiger partial charge in [-0.1, -0.05) is 23.2 Å². The van der Waals surface area contributed by atoms with E-state index in [1.165, 1.54) is 24.4 Å². The van der Waals surface area contributed by atoms with Crippen LogP contribution in [0.4, 0.5) is 15.8 Å². The van der Waals surface area contributed by atoms with Crippen molar-refractivity contribution in [2.24, 2.45) is 0 Å². The van der Waals surface area contributed by atoms with Gasteiger partial charge in [-0.2, -0.15) is 0 Å². The molecule has 0 aliphatic heterocycles. The number of benzene rings is 1. The summed E-state index contributed by atoms with van der Waals surface area (Å²) < 4.78 is 13.2. The van der Waals surface area contributed by atoms with E-state index in [9.17, 15) is 9.18 Å². The summed E-state index contributed by atoms with van der Waals surface area (Å²) in [6.07, 6.45) is 1.35. The van der Waals surface area contributed by atoms with Gasteiger partial charge in [-0.3, -0.25) is 0 Å². The molecule has 0 spiro atoms. The average molecular weight is 301 g/mol. The van der Waals surface area contributed by atoms with Crippen LogP contribution in [0, 0.1) is 5.82 Å². The van der Waals surface area contributed by atoms with Crippen LogP contribution in [0.5, 0.6) is 0 Å². The summed E-state index contributed by atoms with van der Waals surface area (Å²) in [5.41, 5.74) is 0.814. The van der Waals surface area contributed by atoms with Crippen LogP contribution in [0.2, 0.25) is 10.0 Å². The summed E-state index contributed by atoms with van der Waals surface area (Å²) in [5, 5.41) is 11.4. The molecule has 1 aromatic carbocycles. The SMILES string of the molecule is O=C(O)c1cc(Nc2cc(Cl)c(F)c(Cl)c2)ccn1. The van der Waals surface area contributed by atoms with Gasteiger partial charge in [0.1, 0.15) is 5.69 Å². The Morgan fingerprint density at radius 1 is 1.21 bits per heavy atom. The van der Waals surface area contributed by atoms with Gasteiger partial charge in [0.25, 0.3) is 0 Å². The van der Waals surface area contributed by atoms with E-state index in [-0.39, 0.29) is 15.7 Å². The van der Waals surface area contributed by atoms with Crippen molar-refractivity contribution in [2.75, 3.05) is 5.32 Å². The Morgan fingerprint density at radius 3 is 2.42 bits per heavy atom. The molecule has 4 nitrogen and oxygen atoms in total. The number of rotatable bonds is 3. The van der Waals surface area contributed by atoms with Crippen molar-refractivity contribution in [1.82, 2.24) is 4.98 Å². The summed E-state index contributed by atoms with van der Waals surface area (Å²) in [7, 11) is 0. The summed E-state index contributed by atoms with van der Waals surface area (Å²) >= 11 is 11.3. The first-order chi connectivity index (χ1) is 8.97. The molecule has 0 fully saturated rings. The monoisotopic (exact) mass is 300 g/mol. The summed E-state index contributed by atoms with van der Waals surface area (Å²) in [6.45, 7) is 0. The second-order valence-corrected chi connectivity index (χ2v) is 4.43. The van der Waals surface area contributed by atoms with Gasteiger partial charge in [-0.05, 0) is 24.3 Å². The minimum Gasteiger partial charge on any atom is -0.477 e. The Kier molecular flexibility index (Phi) is 3.87. The van der Waals surface area contributed by atoms with E-state index in [1.54, 1.807) is 6.07 Å². The van der Waals surface area contributed by atoms with Gasteiger partial charge in [-0.25, -0.2) is 14.2 Å². The van der Waals surface area contributed by atoms with E-state index < -0.39 is 11.8 Å². The van der Waals surface area contributed by atoms with Gasteiger partial charge in [0.15, 0.2) is 5.82 Å². The Hall–Kier alpha value is -1.85. The summed E-state index contributed by atoms with van der Waals surface area (Å²) in [5.74, 6) is -1.84. The number of hydrogen-bond donors (Lipinski definition) is 2. The quantitative estimate of drug-likeness (QED) is 0.842. The Bertz CT molecular complexity index is 626. The Balaban J connectivity index is 2.31. The van der Waals surface area contributed by atoms with E-state index in [2.05, 4.69) is 10.3 Å². The van der Waals surface area contributed by atoms with Crippen LogP contribution in [-0.4, -0.2) is 16.1 Å². The molecule has 2 aromatic rings. The van der Waals surface area contributed by atoms with Crippen LogP contribution < -0.4 is 5.32 Å². The molecule has 19 heavy (non-hydrogen) atoms. The van der Waals surface area contributed by atoms with E-state index in [0.29, 0.717) is 11.4 Å². The van der Waals surface area contributed by atoms with Gasteiger partial charge >= 0.3 is 5.97 Å². The molecule has 2 rings (SSSR count). The molecule has 0 amide bonds. The Morgan fingerprint density at radius 2 is 1.84 bits per heavy atom. The number of carboxylic acids is 1. The number of pyridine rings is 1. The smallest absolute Gasteiger partial charge is 0.354 e. The number of hydrogen-bond acceptors (Lipinski definition) is 3. The van der Waals surface area contributed by atoms with E-state index in [1.807, 2.05) is 0 Å². The summed E-state index contributed by atoms with van der Waals surface area (Å²) in [4.78, 5) is 14.5. The largest absolute Gasteiger partial charge is 0.477 e. The van der Waals surface area contributed by atoms with Gasteiger partial charge < -0.3 is 10.4 Å². The predicted octanol–water partition coefficient (Wildman–Crippen LogP) is 3.97. The van der Waals surface area contributed by atoms with Crippen molar-refractivity contribution >= 4 is 40.5 Å². The number of aromatic carboxylic acids is 1. The lowest BCUT2D eigenvalue weighted by atomic mass is 10.2. The van der Waals surface area contributed by atoms with Crippen molar-refractivity contribution in [1.29, 1.82) is 0 Å². The van der Waals surface area contributed by atoms with Crippen molar-refractivity contribution in [3.63, 3.8) is 0 Å². The Labute approximate surface area is 117 Å². The first kappa shape index (κ1) is 13.6. The number of nitrogens with zero attached hydrogens (tertiary/aromatic N) is 1. The van der Waals surface area contributed by atoms with Crippen LogP contribution in [0.3, 0.4) is 0 Å². The van der Waals surface area contributed by atoms with Gasteiger partial charge in [0, 0.05) is 17.6 Å². The highest BCUT2D eigenvalue weighted by Crippen LogP contribution is 2.29. The van der Waals surface area contributed by atoms with E-state index in [0.717, 1.165) is 0 Å². The van der Waals surface area contributed by atoms with Crippen LogP contribution in [0.15, 0.2) is 30.5 Å². The second kappa shape index (κ2) is 5.42.